The van der Waals surface area contributed by atoms with Crippen molar-refractivity contribution >= 4 is 33.0 Å². The molecule has 3 N–H and O–H groups in total. The Kier molecular flexibility index (Phi) is 5.01. The van der Waals surface area contributed by atoms with Gasteiger partial charge in [-0.2, -0.15) is 0 Å². The molecule has 0 fully saturated rings. The Labute approximate surface area is 98.5 Å². The standard InChI is InChI=1S/C8H13ClN2O2S2/c9-7-4-8(14-6-7)5-11-2-1-3-15(10,12)13/h4,6,11H,1-3,5H2,(H2,10,12,13). The molecule has 86 valence electrons. The molecule has 0 saturated heterocycles. The second kappa shape index (κ2) is 5.81. The summed E-state index contributed by atoms with van der Waals surface area (Å²) in [6, 6.07) is 1.89. The van der Waals surface area contributed by atoms with Crippen LogP contribution in [-0.2, 0) is 16.6 Å². The molecule has 0 unspecified atom stereocenters. The Balaban J connectivity index is 2.12. The maximum Gasteiger partial charge on any atom is 0.209 e. The lowest BCUT2D eigenvalue weighted by Crippen LogP contribution is -2.21. The summed E-state index contributed by atoms with van der Waals surface area (Å²) in [6.45, 7) is 1.34. The molecule has 1 aromatic rings. The van der Waals surface area contributed by atoms with Crippen LogP contribution in [0.25, 0.3) is 0 Å². The molecule has 1 aromatic heterocycles. The zero-order valence-corrected chi connectivity index (χ0v) is 10.5. The molecule has 0 aliphatic carbocycles. The van der Waals surface area contributed by atoms with Crippen molar-refractivity contribution in [2.24, 2.45) is 5.14 Å². The first kappa shape index (κ1) is 12.9. The van der Waals surface area contributed by atoms with Crippen molar-refractivity contribution in [2.75, 3.05) is 12.3 Å². The van der Waals surface area contributed by atoms with E-state index in [9.17, 15) is 8.42 Å². The first-order valence-electron chi connectivity index (χ1n) is 4.41. The average molecular weight is 269 g/mol. The van der Waals surface area contributed by atoms with Crippen LogP contribution in [0.1, 0.15) is 11.3 Å². The normalized spacial score (nSPS) is 11.9. The van der Waals surface area contributed by atoms with Crippen LogP contribution in [0.3, 0.4) is 0 Å². The predicted octanol–water partition coefficient (Wildman–Crippen LogP) is 1.17. The van der Waals surface area contributed by atoms with E-state index >= 15 is 0 Å². The highest BCUT2D eigenvalue weighted by atomic mass is 35.5. The van der Waals surface area contributed by atoms with Crippen molar-refractivity contribution in [3.8, 4) is 0 Å². The molecule has 0 aromatic carbocycles. The van der Waals surface area contributed by atoms with E-state index in [1.165, 1.54) is 0 Å². The number of thiophene rings is 1. The number of hydrogen-bond acceptors (Lipinski definition) is 4. The molecular weight excluding hydrogens is 256 g/mol. The van der Waals surface area contributed by atoms with Crippen LogP contribution in [0, 0.1) is 0 Å². The maximum atomic E-state index is 10.6. The van der Waals surface area contributed by atoms with E-state index in [1.807, 2.05) is 11.4 Å². The van der Waals surface area contributed by atoms with Gasteiger partial charge in [-0.05, 0) is 19.0 Å². The summed E-state index contributed by atoms with van der Waals surface area (Å²) in [5.41, 5.74) is 0. The summed E-state index contributed by atoms with van der Waals surface area (Å²) in [6.07, 6.45) is 0.526. The molecule has 7 heteroatoms. The summed E-state index contributed by atoms with van der Waals surface area (Å²) in [5, 5.41) is 10.6. The molecule has 0 bridgehead atoms. The summed E-state index contributed by atoms with van der Waals surface area (Å²) >= 11 is 7.32. The Morgan fingerprint density at radius 3 is 2.80 bits per heavy atom. The minimum Gasteiger partial charge on any atom is -0.312 e. The largest absolute Gasteiger partial charge is 0.312 e. The van der Waals surface area contributed by atoms with Gasteiger partial charge in [0.05, 0.1) is 10.8 Å². The van der Waals surface area contributed by atoms with Gasteiger partial charge in [-0.1, -0.05) is 11.6 Å². The van der Waals surface area contributed by atoms with Gasteiger partial charge in [0, 0.05) is 16.8 Å². The molecule has 0 saturated carbocycles. The zero-order valence-electron chi connectivity index (χ0n) is 8.07. The molecule has 0 aliphatic heterocycles. The topological polar surface area (TPSA) is 72.2 Å². The summed E-state index contributed by atoms with van der Waals surface area (Å²) in [5.74, 6) is 0.0190. The van der Waals surface area contributed by atoms with Crippen LogP contribution < -0.4 is 10.5 Å². The molecule has 1 rings (SSSR count). The van der Waals surface area contributed by atoms with Gasteiger partial charge >= 0.3 is 0 Å². The fourth-order valence-electron chi connectivity index (χ4n) is 1.06. The lowest BCUT2D eigenvalue weighted by Gasteiger charge is -2.01. The van der Waals surface area contributed by atoms with Gasteiger partial charge in [0.15, 0.2) is 0 Å². The van der Waals surface area contributed by atoms with Crippen LogP contribution in [-0.4, -0.2) is 20.7 Å². The van der Waals surface area contributed by atoms with Crippen molar-refractivity contribution in [1.82, 2.24) is 5.32 Å². The smallest absolute Gasteiger partial charge is 0.209 e. The van der Waals surface area contributed by atoms with E-state index in [1.54, 1.807) is 11.3 Å². The van der Waals surface area contributed by atoms with Gasteiger partial charge in [0.2, 0.25) is 10.0 Å². The lowest BCUT2D eigenvalue weighted by molar-refractivity contribution is 0.590. The third kappa shape index (κ3) is 6.11. The van der Waals surface area contributed by atoms with E-state index in [-0.39, 0.29) is 5.75 Å². The fourth-order valence-corrected chi connectivity index (χ4v) is 2.65. The predicted molar refractivity (Wildman–Crippen MR) is 63.6 cm³/mol. The number of nitrogens with one attached hydrogen (secondary N) is 1. The third-order valence-electron chi connectivity index (χ3n) is 1.70. The Bertz CT molecular complexity index is 403. The van der Waals surface area contributed by atoms with Crippen LogP contribution >= 0.6 is 22.9 Å². The van der Waals surface area contributed by atoms with Gasteiger partial charge in [0.25, 0.3) is 0 Å². The summed E-state index contributed by atoms with van der Waals surface area (Å²) in [4.78, 5) is 1.13. The molecule has 1 heterocycles. The van der Waals surface area contributed by atoms with E-state index < -0.39 is 10.0 Å². The van der Waals surface area contributed by atoms with E-state index in [0.29, 0.717) is 19.5 Å². The Hall–Kier alpha value is -0.140. The monoisotopic (exact) mass is 268 g/mol. The fraction of sp³-hybridized carbons (Fsp3) is 0.500. The second-order valence-corrected chi connectivity index (χ2v) is 6.29. The van der Waals surface area contributed by atoms with Crippen LogP contribution in [0.15, 0.2) is 11.4 Å². The number of hydrogen-bond donors (Lipinski definition) is 2. The highest BCUT2D eigenvalue weighted by Crippen LogP contribution is 2.18. The van der Waals surface area contributed by atoms with E-state index in [2.05, 4.69) is 5.32 Å². The molecule has 0 amide bonds. The van der Waals surface area contributed by atoms with Crippen molar-refractivity contribution in [2.45, 2.75) is 13.0 Å². The highest BCUT2D eigenvalue weighted by molar-refractivity contribution is 7.89. The SMILES string of the molecule is NS(=O)(=O)CCCNCc1cc(Cl)cs1. The van der Waals surface area contributed by atoms with E-state index in [0.717, 1.165) is 9.90 Å². The van der Waals surface area contributed by atoms with Gasteiger partial charge < -0.3 is 5.32 Å². The van der Waals surface area contributed by atoms with Crippen LogP contribution in [0.4, 0.5) is 0 Å². The van der Waals surface area contributed by atoms with Gasteiger partial charge in [-0.15, -0.1) is 11.3 Å². The number of nitrogens with two attached hydrogens (primary N) is 1. The first-order valence-corrected chi connectivity index (χ1v) is 7.39. The zero-order chi connectivity index (χ0) is 11.3. The van der Waals surface area contributed by atoms with Crippen molar-refractivity contribution in [1.29, 1.82) is 0 Å². The van der Waals surface area contributed by atoms with Crippen molar-refractivity contribution < 1.29 is 8.42 Å². The van der Waals surface area contributed by atoms with Gasteiger partial charge in [-0.3, -0.25) is 0 Å². The molecule has 0 spiro atoms. The molecule has 0 radical (unpaired) electrons. The van der Waals surface area contributed by atoms with Gasteiger partial charge in [0.1, 0.15) is 0 Å². The highest BCUT2D eigenvalue weighted by Gasteiger charge is 2.01. The van der Waals surface area contributed by atoms with Crippen LogP contribution in [0.2, 0.25) is 5.02 Å². The number of sulfonamides is 1. The van der Waals surface area contributed by atoms with Gasteiger partial charge in [-0.25, -0.2) is 13.6 Å². The number of rotatable bonds is 6. The minimum atomic E-state index is -3.32. The number of halogens is 1. The molecule has 0 atom stereocenters. The first-order chi connectivity index (χ1) is 6.97. The Morgan fingerprint density at radius 2 is 2.27 bits per heavy atom. The Morgan fingerprint density at radius 1 is 1.53 bits per heavy atom. The van der Waals surface area contributed by atoms with Crippen LogP contribution in [0.5, 0.6) is 0 Å². The minimum absolute atomic E-state index is 0.0190. The second-order valence-electron chi connectivity index (χ2n) is 3.13. The number of primary sulfonamides is 1. The molecule has 0 aliphatic rings. The molecule has 15 heavy (non-hydrogen) atoms. The van der Waals surface area contributed by atoms with E-state index in [4.69, 9.17) is 16.7 Å². The molecular formula is C8H13ClN2O2S2. The van der Waals surface area contributed by atoms with Crippen molar-refractivity contribution in [3.05, 3.63) is 21.3 Å². The van der Waals surface area contributed by atoms with Crippen molar-refractivity contribution in [3.63, 3.8) is 0 Å². The quantitative estimate of drug-likeness (QED) is 0.761. The average Bonchev–Trinajstić information content (AvgIpc) is 2.49. The maximum absolute atomic E-state index is 10.6. The third-order valence-corrected chi connectivity index (χ3v) is 3.85. The lowest BCUT2D eigenvalue weighted by atomic mass is 10.4. The summed E-state index contributed by atoms with van der Waals surface area (Å²) < 4.78 is 21.2. The summed E-state index contributed by atoms with van der Waals surface area (Å²) in [7, 11) is -3.32. The molecule has 4 nitrogen and oxygen atoms in total.